The Kier molecular flexibility index (Phi) is 6.08. The zero-order chi connectivity index (χ0) is 20.8. The highest BCUT2D eigenvalue weighted by Gasteiger charge is 2.10. The van der Waals surface area contributed by atoms with Crippen LogP contribution in [0.1, 0.15) is 12.5 Å². The largest absolute Gasteiger partial charge is 0.493 e. The Morgan fingerprint density at radius 2 is 2.00 bits per heavy atom. The molecule has 0 aliphatic carbocycles. The van der Waals surface area contributed by atoms with E-state index in [4.69, 9.17) is 14.6 Å². The molecule has 0 aliphatic rings. The highest BCUT2D eigenvalue weighted by atomic mass is 16.5. The third-order valence-corrected chi connectivity index (χ3v) is 4.12. The Labute approximate surface area is 166 Å². The number of nitrogens with zero attached hydrogens (tertiary/aromatic N) is 3. The van der Waals surface area contributed by atoms with Gasteiger partial charge < -0.3 is 19.1 Å². The van der Waals surface area contributed by atoms with Crippen molar-refractivity contribution in [2.45, 2.75) is 13.5 Å². The number of carboxylic acids is 1. The number of imidazole rings is 1. The summed E-state index contributed by atoms with van der Waals surface area (Å²) in [6, 6.07) is 12.5. The van der Waals surface area contributed by atoms with Gasteiger partial charge >= 0.3 is 5.97 Å². The molecule has 2 N–H and O–H groups in total. The van der Waals surface area contributed by atoms with Crippen LogP contribution in [0.3, 0.4) is 0 Å². The standard InChI is InChI=1S/C20H20N4O5/c1-13(14-7-8-17(18(9-14)28-2)29-11-20(26)27)22-23-19(25)10-24-12-21-15-5-3-4-6-16(15)24/h3-9,12H,10-11H2,1-2H3,(H,23,25)(H,26,27)/b22-13-. The zero-order valence-electron chi connectivity index (χ0n) is 16.0. The molecule has 9 heteroatoms. The second kappa shape index (κ2) is 8.87. The summed E-state index contributed by atoms with van der Waals surface area (Å²) in [5, 5.41) is 12.8. The van der Waals surface area contributed by atoms with Crippen LogP contribution in [0.4, 0.5) is 0 Å². The summed E-state index contributed by atoms with van der Waals surface area (Å²) in [6.07, 6.45) is 1.61. The second-order valence-electron chi connectivity index (χ2n) is 6.14. The number of rotatable bonds is 8. The molecular weight excluding hydrogens is 376 g/mol. The molecular formula is C20H20N4O5. The van der Waals surface area contributed by atoms with Gasteiger partial charge in [0.1, 0.15) is 6.54 Å². The molecule has 2 aromatic carbocycles. The van der Waals surface area contributed by atoms with Gasteiger partial charge in [-0.15, -0.1) is 0 Å². The SMILES string of the molecule is COc1cc(/C(C)=N\NC(=O)Cn2cnc3ccccc32)ccc1OCC(=O)O. The summed E-state index contributed by atoms with van der Waals surface area (Å²) in [4.78, 5) is 27.2. The molecule has 0 bridgehead atoms. The van der Waals surface area contributed by atoms with E-state index in [0.29, 0.717) is 22.8 Å². The minimum Gasteiger partial charge on any atom is -0.493 e. The number of carbonyl (C=O) groups is 2. The van der Waals surface area contributed by atoms with E-state index in [1.54, 1.807) is 36.0 Å². The van der Waals surface area contributed by atoms with Crippen molar-refractivity contribution in [1.82, 2.24) is 15.0 Å². The monoisotopic (exact) mass is 396 g/mol. The molecule has 1 heterocycles. The number of para-hydroxylation sites is 2. The van der Waals surface area contributed by atoms with Gasteiger partial charge in [0.15, 0.2) is 18.1 Å². The quantitative estimate of drug-likeness (QED) is 0.445. The fourth-order valence-electron chi connectivity index (χ4n) is 2.69. The number of carbonyl (C=O) groups excluding carboxylic acids is 1. The first-order valence-electron chi connectivity index (χ1n) is 8.74. The minimum atomic E-state index is -1.08. The molecule has 0 unspecified atom stereocenters. The fourth-order valence-corrected chi connectivity index (χ4v) is 2.69. The van der Waals surface area contributed by atoms with Crippen LogP contribution in [0.5, 0.6) is 11.5 Å². The van der Waals surface area contributed by atoms with Crippen molar-refractivity contribution in [3.8, 4) is 11.5 Å². The van der Waals surface area contributed by atoms with Crippen molar-refractivity contribution in [3.63, 3.8) is 0 Å². The molecule has 0 atom stereocenters. The first-order chi connectivity index (χ1) is 14.0. The van der Waals surface area contributed by atoms with E-state index in [0.717, 1.165) is 11.0 Å². The van der Waals surface area contributed by atoms with E-state index in [1.165, 1.54) is 7.11 Å². The average molecular weight is 396 g/mol. The van der Waals surface area contributed by atoms with Gasteiger partial charge in [0.2, 0.25) is 0 Å². The lowest BCUT2D eigenvalue weighted by Crippen LogP contribution is -2.24. The molecule has 3 rings (SSSR count). The smallest absolute Gasteiger partial charge is 0.341 e. The lowest BCUT2D eigenvalue weighted by Gasteiger charge is -2.11. The number of fused-ring (bicyclic) bond motifs is 1. The van der Waals surface area contributed by atoms with E-state index in [1.807, 2.05) is 24.3 Å². The Hall–Kier alpha value is -3.88. The molecule has 0 saturated heterocycles. The lowest BCUT2D eigenvalue weighted by molar-refractivity contribution is -0.139. The molecule has 1 amide bonds. The Balaban J connectivity index is 1.67. The number of methoxy groups -OCH3 is 1. The predicted molar refractivity (Wildman–Crippen MR) is 106 cm³/mol. The van der Waals surface area contributed by atoms with E-state index in [-0.39, 0.29) is 12.5 Å². The molecule has 29 heavy (non-hydrogen) atoms. The maximum Gasteiger partial charge on any atom is 0.341 e. The summed E-state index contributed by atoms with van der Waals surface area (Å²) < 4.78 is 12.2. The fraction of sp³-hybridized carbons (Fsp3) is 0.200. The topological polar surface area (TPSA) is 115 Å². The van der Waals surface area contributed by atoms with Crippen LogP contribution >= 0.6 is 0 Å². The molecule has 0 fully saturated rings. The lowest BCUT2D eigenvalue weighted by atomic mass is 10.1. The predicted octanol–water partition coefficient (Wildman–Crippen LogP) is 2.05. The van der Waals surface area contributed by atoms with Crippen molar-refractivity contribution < 1.29 is 24.2 Å². The normalized spacial score (nSPS) is 11.3. The van der Waals surface area contributed by atoms with Crippen molar-refractivity contribution >= 4 is 28.6 Å². The van der Waals surface area contributed by atoms with E-state index < -0.39 is 12.6 Å². The number of hydrogen-bond acceptors (Lipinski definition) is 6. The molecule has 0 saturated carbocycles. The van der Waals surface area contributed by atoms with Gasteiger partial charge in [-0.1, -0.05) is 12.1 Å². The number of aromatic nitrogens is 2. The van der Waals surface area contributed by atoms with Crippen LogP contribution < -0.4 is 14.9 Å². The minimum absolute atomic E-state index is 0.0859. The maximum absolute atomic E-state index is 12.2. The summed E-state index contributed by atoms with van der Waals surface area (Å²) in [6.45, 7) is 1.35. The van der Waals surface area contributed by atoms with E-state index in [9.17, 15) is 9.59 Å². The Morgan fingerprint density at radius 1 is 1.21 bits per heavy atom. The van der Waals surface area contributed by atoms with Gasteiger partial charge in [-0.25, -0.2) is 15.2 Å². The summed E-state index contributed by atoms with van der Waals surface area (Å²) >= 11 is 0. The molecule has 150 valence electrons. The van der Waals surface area contributed by atoms with Crippen LogP contribution in [0, 0.1) is 0 Å². The molecule has 1 aromatic heterocycles. The number of amides is 1. The van der Waals surface area contributed by atoms with Crippen molar-refractivity contribution in [3.05, 3.63) is 54.4 Å². The maximum atomic E-state index is 12.2. The number of hydrogen-bond donors (Lipinski definition) is 2. The van der Waals surface area contributed by atoms with Crippen molar-refractivity contribution in [2.75, 3.05) is 13.7 Å². The molecule has 0 radical (unpaired) electrons. The Morgan fingerprint density at radius 3 is 2.76 bits per heavy atom. The van der Waals surface area contributed by atoms with Gasteiger partial charge in [0, 0.05) is 5.56 Å². The third-order valence-electron chi connectivity index (χ3n) is 4.12. The number of nitrogens with one attached hydrogen (secondary N) is 1. The van der Waals surface area contributed by atoms with Crippen LogP contribution in [0.15, 0.2) is 53.9 Å². The van der Waals surface area contributed by atoms with Crippen LogP contribution in [0.25, 0.3) is 11.0 Å². The molecule has 0 aliphatic heterocycles. The average Bonchev–Trinajstić information content (AvgIpc) is 3.13. The molecule has 9 nitrogen and oxygen atoms in total. The van der Waals surface area contributed by atoms with Crippen molar-refractivity contribution in [2.24, 2.45) is 5.10 Å². The number of benzene rings is 2. The number of carboxylic acid groups (broad SMARTS) is 1. The van der Waals surface area contributed by atoms with Gasteiger partial charge in [0.05, 0.1) is 30.2 Å². The molecule has 3 aromatic rings. The zero-order valence-corrected chi connectivity index (χ0v) is 16.0. The van der Waals surface area contributed by atoms with Gasteiger partial charge in [-0.3, -0.25) is 4.79 Å². The summed E-state index contributed by atoms with van der Waals surface area (Å²) in [5.74, 6) is -0.694. The Bertz CT molecular complexity index is 1070. The van der Waals surface area contributed by atoms with E-state index in [2.05, 4.69) is 15.5 Å². The van der Waals surface area contributed by atoms with Crippen LogP contribution in [-0.2, 0) is 16.1 Å². The summed E-state index contributed by atoms with van der Waals surface area (Å²) in [5.41, 5.74) is 5.45. The molecule has 0 spiro atoms. The van der Waals surface area contributed by atoms with Gasteiger partial charge in [0.25, 0.3) is 5.91 Å². The third kappa shape index (κ3) is 4.89. The van der Waals surface area contributed by atoms with Gasteiger partial charge in [-0.05, 0) is 37.3 Å². The van der Waals surface area contributed by atoms with E-state index >= 15 is 0 Å². The summed E-state index contributed by atoms with van der Waals surface area (Å²) in [7, 11) is 1.45. The highest BCUT2D eigenvalue weighted by Crippen LogP contribution is 2.28. The first kappa shape index (κ1) is 19.9. The number of aliphatic carboxylic acids is 1. The number of ether oxygens (including phenoxy) is 2. The van der Waals surface area contributed by atoms with Crippen LogP contribution in [0.2, 0.25) is 0 Å². The first-order valence-corrected chi connectivity index (χ1v) is 8.74. The van der Waals surface area contributed by atoms with Crippen molar-refractivity contribution in [1.29, 1.82) is 0 Å². The highest BCUT2D eigenvalue weighted by molar-refractivity contribution is 5.99. The second-order valence-corrected chi connectivity index (χ2v) is 6.14. The van der Waals surface area contributed by atoms with Crippen LogP contribution in [-0.4, -0.2) is 46.0 Å². The number of hydrazone groups is 1. The van der Waals surface area contributed by atoms with Gasteiger partial charge in [-0.2, -0.15) is 5.10 Å².